The molecule has 2 fully saturated rings. The minimum atomic E-state index is -1.65. The Balaban J connectivity index is 1.55. The summed E-state index contributed by atoms with van der Waals surface area (Å²) in [5, 5.41) is 50.7. The first-order valence-corrected chi connectivity index (χ1v) is 26.4. The van der Waals surface area contributed by atoms with Crippen molar-refractivity contribution in [3.63, 3.8) is 0 Å². The van der Waals surface area contributed by atoms with E-state index in [1.807, 2.05) is 50.8 Å². The topological polar surface area (TPSA) is 278 Å². The molecule has 69 heavy (non-hydrogen) atoms. The number of nitrogens with zero attached hydrogens (tertiary/aromatic N) is 6. The molecule has 1 spiro atoms. The van der Waals surface area contributed by atoms with E-state index in [1.54, 1.807) is 43.1 Å². The van der Waals surface area contributed by atoms with Crippen molar-refractivity contribution in [2.75, 3.05) is 110 Å². The number of aliphatic carboxylic acids is 2. The lowest BCUT2D eigenvalue weighted by molar-refractivity contribution is -0.142. The Morgan fingerprint density at radius 2 is 1.29 bits per heavy atom. The van der Waals surface area contributed by atoms with Crippen LogP contribution in [-0.2, 0) is 45.1 Å². The molecule has 4 rings (SSSR count). The smallest absolute Gasteiger partial charge is 0.317 e. The number of amides is 5. The summed E-state index contributed by atoms with van der Waals surface area (Å²) in [5.41, 5.74) is 0.305. The molecule has 23 heteroatoms. The van der Waals surface area contributed by atoms with E-state index in [0.717, 1.165) is 11.4 Å². The summed E-state index contributed by atoms with van der Waals surface area (Å²) >= 11 is 3.19. The zero-order chi connectivity index (χ0) is 50.5. The predicted molar refractivity (Wildman–Crippen MR) is 263 cm³/mol. The summed E-state index contributed by atoms with van der Waals surface area (Å²) in [6.45, 7) is 9.76. The molecule has 0 unspecified atom stereocenters. The van der Waals surface area contributed by atoms with Crippen LogP contribution in [0, 0.1) is 11.8 Å². The third kappa shape index (κ3) is 20.3. The zero-order valence-corrected chi connectivity index (χ0v) is 42.4. The van der Waals surface area contributed by atoms with Gasteiger partial charge >= 0.3 is 11.9 Å². The molecule has 0 saturated carbocycles. The van der Waals surface area contributed by atoms with Crippen LogP contribution in [0.5, 0.6) is 0 Å². The van der Waals surface area contributed by atoms with Gasteiger partial charge in [0.2, 0.25) is 29.5 Å². The zero-order valence-electron chi connectivity index (χ0n) is 40.7. The second kappa shape index (κ2) is 29.3. The highest BCUT2D eigenvalue weighted by Gasteiger charge is 2.45. The number of nitrogens with one attached hydrogen (secondary N) is 4. The first-order chi connectivity index (χ1) is 32.9. The predicted octanol–water partition coefficient (Wildman–Crippen LogP) is -0.691. The molecule has 5 amide bonds. The fourth-order valence-corrected chi connectivity index (χ4v) is 10.1. The second-order valence-corrected chi connectivity index (χ2v) is 20.9. The van der Waals surface area contributed by atoms with Gasteiger partial charge in [-0.3, -0.25) is 58.1 Å². The fraction of sp³-hybridized carbons (Fsp3) is 0.739. The number of β-amino-alcohol motifs (C(OH)–C–C–N with tert-alkyl or cyclic N) is 2. The van der Waals surface area contributed by atoms with Gasteiger partial charge in [0.25, 0.3) is 0 Å². The van der Waals surface area contributed by atoms with Gasteiger partial charge in [0.15, 0.2) is 6.29 Å². The van der Waals surface area contributed by atoms with Crippen LogP contribution in [0.3, 0.4) is 0 Å². The van der Waals surface area contributed by atoms with Gasteiger partial charge in [-0.25, -0.2) is 0 Å². The molecule has 3 atom stereocenters. The average Bonchev–Trinajstić information content (AvgIpc) is 3.29. The Bertz CT molecular complexity index is 1860. The molecule has 388 valence electrons. The third-order valence-electron chi connectivity index (χ3n) is 12.7. The summed E-state index contributed by atoms with van der Waals surface area (Å²) in [7, 11) is 0. The van der Waals surface area contributed by atoms with Crippen LogP contribution in [0.2, 0.25) is 0 Å². The molecule has 2 saturated heterocycles. The first-order valence-electron chi connectivity index (χ1n) is 24.1. The van der Waals surface area contributed by atoms with Gasteiger partial charge < -0.3 is 46.6 Å². The van der Waals surface area contributed by atoms with Gasteiger partial charge in [-0.1, -0.05) is 40.2 Å². The van der Waals surface area contributed by atoms with E-state index in [1.165, 1.54) is 0 Å². The van der Waals surface area contributed by atoms with Gasteiger partial charge in [-0.15, -0.1) is 0 Å². The number of likely N-dealkylation sites (tertiary alicyclic amines) is 1. The highest BCUT2D eigenvalue weighted by molar-refractivity contribution is 7.98. The molecule has 3 aliphatic heterocycles. The molecule has 0 aliphatic carbocycles. The Labute approximate surface area is 414 Å². The number of rotatable bonds is 12. The fourth-order valence-electron chi connectivity index (χ4n) is 8.54. The standard InChI is InChI=1S/C46H76N10O11S2/c1-5-33(4)42-44(66)47-12-24-69-31-35-8-6-7-34(48-35)30-68-23-9-37(57)51-46(45(67)49-36(25-32(2)3)43(65)50-42)10-13-56(14-11-46)38(58)26-52-15-17-53(27-39(59)60)19-21-55(29-41(63)64)22-20-54(18-16-52)28-40(61)62/h6-8,32-33,36,39,42,59-60H,5,9-31H2,1-4H3,(H,47,66)(H,49,67)(H,50,65)(H,51,57)(H,61,62)(H,63,64)/t33-,36-,42-/m0/s1. The Kier molecular flexibility index (Phi) is 24.4. The van der Waals surface area contributed by atoms with E-state index >= 15 is 0 Å². The molecule has 3 aliphatic rings. The molecular weight excluding hydrogens is 933 g/mol. The molecular formula is C46H76N10O11S2. The van der Waals surface area contributed by atoms with Crippen molar-refractivity contribution in [3.8, 4) is 0 Å². The first kappa shape index (κ1) is 57.5. The molecule has 2 bridgehead atoms. The van der Waals surface area contributed by atoms with E-state index in [9.17, 15) is 54.0 Å². The van der Waals surface area contributed by atoms with Crippen LogP contribution in [0.15, 0.2) is 18.2 Å². The highest BCUT2D eigenvalue weighted by atomic mass is 32.2. The molecule has 1 aromatic rings. The molecule has 1 aromatic heterocycles. The quantitative estimate of drug-likeness (QED) is 0.120. The Morgan fingerprint density at radius 3 is 1.81 bits per heavy atom. The maximum atomic E-state index is 14.7. The number of hydrogen-bond acceptors (Lipinski definition) is 16. The Morgan fingerprint density at radius 1 is 0.754 bits per heavy atom. The number of carboxylic acid groups (broad SMARTS) is 2. The number of carbonyl (C=O) groups excluding carboxylic acids is 5. The SMILES string of the molecule is CC[C@H](C)[C@@H]1NC(=O)[C@H](CC(C)C)NC(=O)C2(CCN(C(=O)CN3CCN(CC(=O)O)CCN(CC(=O)O)CCN(CC(O)O)CC3)CC2)NC(=O)CCSCc2cccc(n2)CSCCNC1=O. The number of fused-ring (bicyclic) bond motifs is 2. The summed E-state index contributed by atoms with van der Waals surface area (Å²) in [4.78, 5) is 107. The number of aromatic nitrogens is 1. The summed E-state index contributed by atoms with van der Waals surface area (Å²) in [6.07, 6.45) is -0.571. The minimum absolute atomic E-state index is 0.0296. The van der Waals surface area contributed by atoms with Crippen molar-refractivity contribution in [1.82, 2.24) is 50.8 Å². The molecule has 0 radical (unpaired) electrons. The normalized spacial score (nSPS) is 23.0. The van der Waals surface area contributed by atoms with E-state index in [0.29, 0.717) is 55.6 Å². The van der Waals surface area contributed by atoms with Gasteiger partial charge in [0.1, 0.15) is 17.6 Å². The molecule has 21 nitrogen and oxygen atoms in total. The number of carboxylic acids is 2. The minimum Gasteiger partial charge on any atom is -0.480 e. The number of piperidine rings is 1. The summed E-state index contributed by atoms with van der Waals surface area (Å²) in [5.74, 6) is -2.00. The van der Waals surface area contributed by atoms with Crippen molar-refractivity contribution in [2.45, 2.75) is 95.2 Å². The lowest BCUT2D eigenvalue weighted by atomic mass is 9.85. The molecule has 8 N–H and O–H groups in total. The number of pyridine rings is 1. The van der Waals surface area contributed by atoms with Gasteiger partial charge in [-0.2, -0.15) is 23.5 Å². The van der Waals surface area contributed by atoms with Gasteiger partial charge in [0, 0.05) is 108 Å². The molecule has 0 aromatic carbocycles. The van der Waals surface area contributed by atoms with Crippen molar-refractivity contribution < 1.29 is 54.0 Å². The van der Waals surface area contributed by atoms with Crippen molar-refractivity contribution >= 4 is 65.0 Å². The summed E-state index contributed by atoms with van der Waals surface area (Å²) < 4.78 is 0. The number of hydrogen-bond donors (Lipinski definition) is 8. The van der Waals surface area contributed by atoms with Gasteiger partial charge in [-0.05, 0) is 43.2 Å². The maximum Gasteiger partial charge on any atom is 0.317 e. The monoisotopic (exact) mass is 1010 g/mol. The number of aliphatic hydroxyl groups is 2. The average molecular weight is 1010 g/mol. The van der Waals surface area contributed by atoms with Crippen LogP contribution in [0.1, 0.15) is 71.2 Å². The van der Waals surface area contributed by atoms with Crippen LogP contribution < -0.4 is 21.3 Å². The van der Waals surface area contributed by atoms with Crippen molar-refractivity contribution in [2.24, 2.45) is 11.8 Å². The lowest BCUT2D eigenvalue weighted by Gasteiger charge is -2.42. The maximum absolute atomic E-state index is 14.7. The largest absolute Gasteiger partial charge is 0.480 e. The lowest BCUT2D eigenvalue weighted by Crippen LogP contribution is -2.66. The van der Waals surface area contributed by atoms with Crippen LogP contribution in [0.25, 0.3) is 0 Å². The molecule has 4 heterocycles. The van der Waals surface area contributed by atoms with E-state index < -0.39 is 47.7 Å². The second-order valence-electron chi connectivity index (χ2n) is 18.7. The van der Waals surface area contributed by atoms with Gasteiger partial charge in [0.05, 0.1) is 31.0 Å². The van der Waals surface area contributed by atoms with E-state index in [4.69, 9.17) is 4.98 Å². The highest BCUT2D eigenvalue weighted by Crippen LogP contribution is 2.25. The van der Waals surface area contributed by atoms with Crippen LogP contribution >= 0.6 is 23.5 Å². The number of thioether (sulfide) groups is 2. The van der Waals surface area contributed by atoms with Crippen molar-refractivity contribution in [1.29, 1.82) is 0 Å². The number of carbonyl (C=O) groups is 7. The van der Waals surface area contributed by atoms with Crippen LogP contribution in [0.4, 0.5) is 0 Å². The van der Waals surface area contributed by atoms with E-state index in [-0.39, 0.29) is 127 Å². The van der Waals surface area contributed by atoms with Crippen LogP contribution in [-0.4, -0.2) is 225 Å². The third-order valence-corrected chi connectivity index (χ3v) is 14.7. The van der Waals surface area contributed by atoms with Crippen molar-refractivity contribution in [3.05, 3.63) is 29.6 Å². The Hall–Kier alpha value is -4.10. The summed E-state index contributed by atoms with van der Waals surface area (Å²) in [6, 6.07) is 3.96. The van der Waals surface area contributed by atoms with E-state index in [2.05, 4.69) is 21.3 Å². The number of aliphatic hydroxyl groups excluding tert-OH is 1.